The third kappa shape index (κ3) is 5.60. The summed E-state index contributed by atoms with van der Waals surface area (Å²) in [6.07, 6.45) is 0. The fraction of sp³-hybridized carbons (Fsp3) is 0. The zero-order chi connectivity index (χ0) is 37.7. The number of hydrogen-bond donors (Lipinski definition) is 0. The summed E-state index contributed by atoms with van der Waals surface area (Å²) in [5.74, 6) is 0. The molecule has 3 heteroatoms. The first kappa shape index (κ1) is 32.8. The molecule has 0 spiro atoms. The summed E-state index contributed by atoms with van der Waals surface area (Å²) in [4.78, 5) is 2.35. The number of fused-ring (bicyclic) bond motifs is 6. The summed E-state index contributed by atoms with van der Waals surface area (Å²) in [6, 6.07) is 81.1. The standard InChI is InChI=1S/C54H37N3/c1-6-17-38(18-7-1)39-19-16-20-40(33-39)41-29-31-47-49-36-54-50(37-53(49)57(52(47)34-41)45-27-14-5-15-28-45)48-35-46(30-32-51(48)56(54)44-25-12-4-13-26-44)55(42-21-8-2-9-22-42)43-23-10-3-11-24-43/h1-37H. The van der Waals surface area contributed by atoms with Crippen molar-refractivity contribution in [3.63, 3.8) is 0 Å². The number of anilines is 3. The lowest BCUT2D eigenvalue weighted by Gasteiger charge is -2.25. The van der Waals surface area contributed by atoms with Crippen LogP contribution in [0.25, 0.3) is 77.2 Å². The van der Waals surface area contributed by atoms with Crippen LogP contribution < -0.4 is 4.90 Å². The molecule has 57 heavy (non-hydrogen) atoms. The lowest BCUT2D eigenvalue weighted by Crippen LogP contribution is -2.09. The van der Waals surface area contributed by atoms with Crippen LogP contribution in [0.2, 0.25) is 0 Å². The van der Waals surface area contributed by atoms with Gasteiger partial charge in [0.05, 0.1) is 22.1 Å². The Morgan fingerprint density at radius 3 is 1.28 bits per heavy atom. The van der Waals surface area contributed by atoms with E-state index in [-0.39, 0.29) is 0 Å². The van der Waals surface area contributed by atoms with Crippen molar-refractivity contribution >= 4 is 60.7 Å². The van der Waals surface area contributed by atoms with Gasteiger partial charge in [-0.1, -0.05) is 133 Å². The fourth-order valence-corrected chi connectivity index (χ4v) is 8.66. The first-order valence-corrected chi connectivity index (χ1v) is 19.5. The van der Waals surface area contributed by atoms with Gasteiger partial charge in [0.1, 0.15) is 0 Å². The van der Waals surface area contributed by atoms with Crippen LogP contribution in [-0.4, -0.2) is 9.13 Å². The van der Waals surface area contributed by atoms with Gasteiger partial charge in [-0.15, -0.1) is 0 Å². The molecule has 0 aliphatic rings. The maximum Gasteiger partial charge on any atom is 0.0548 e. The van der Waals surface area contributed by atoms with Gasteiger partial charge in [-0.05, 0) is 113 Å². The lowest BCUT2D eigenvalue weighted by molar-refractivity contribution is 1.17. The normalized spacial score (nSPS) is 11.5. The molecule has 0 amide bonds. The van der Waals surface area contributed by atoms with Crippen molar-refractivity contribution in [2.75, 3.05) is 4.90 Å². The molecule has 2 aromatic heterocycles. The van der Waals surface area contributed by atoms with E-state index in [1.54, 1.807) is 0 Å². The molecule has 0 bridgehead atoms. The van der Waals surface area contributed by atoms with Gasteiger partial charge in [-0.25, -0.2) is 0 Å². The van der Waals surface area contributed by atoms with Crippen molar-refractivity contribution in [2.45, 2.75) is 0 Å². The Bertz CT molecular complexity index is 3160. The third-order valence-corrected chi connectivity index (χ3v) is 11.3. The van der Waals surface area contributed by atoms with Crippen molar-refractivity contribution < 1.29 is 0 Å². The molecule has 0 saturated carbocycles. The molecule has 268 valence electrons. The average molecular weight is 728 g/mol. The molecule has 11 rings (SSSR count). The highest BCUT2D eigenvalue weighted by atomic mass is 15.1. The molecule has 3 nitrogen and oxygen atoms in total. The number of para-hydroxylation sites is 4. The maximum absolute atomic E-state index is 2.45. The topological polar surface area (TPSA) is 13.1 Å². The minimum Gasteiger partial charge on any atom is -0.310 e. The number of aromatic nitrogens is 2. The first-order valence-electron chi connectivity index (χ1n) is 19.5. The average Bonchev–Trinajstić information content (AvgIpc) is 3.78. The Morgan fingerprint density at radius 1 is 0.246 bits per heavy atom. The maximum atomic E-state index is 2.45. The number of hydrogen-bond acceptors (Lipinski definition) is 1. The minimum atomic E-state index is 1.11. The molecule has 11 aromatic rings. The third-order valence-electron chi connectivity index (χ3n) is 11.3. The van der Waals surface area contributed by atoms with Crippen LogP contribution in [-0.2, 0) is 0 Å². The van der Waals surface area contributed by atoms with Crippen LogP contribution in [0.3, 0.4) is 0 Å². The smallest absolute Gasteiger partial charge is 0.0548 e. The summed E-state index contributed by atoms with van der Waals surface area (Å²) < 4.78 is 4.88. The van der Waals surface area contributed by atoms with Gasteiger partial charge in [0.15, 0.2) is 0 Å². The van der Waals surface area contributed by atoms with E-state index >= 15 is 0 Å². The predicted molar refractivity (Wildman–Crippen MR) is 241 cm³/mol. The quantitative estimate of drug-likeness (QED) is 0.159. The molecule has 0 radical (unpaired) electrons. The highest BCUT2D eigenvalue weighted by Crippen LogP contribution is 2.43. The Balaban J connectivity index is 1.19. The van der Waals surface area contributed by atoms with Crippen molar-refractivity contribution in [3.8, 4) is 33.6 Å². The summed E-state index contributed by atoms with van der Waals surface area (Å²) in [7, 11) is 0. The first-order chi connectivity index (χ1) is 28.3. The largest absolute Gasteiger partial charge is 0.310 e. The summed E-state index contributed by atoms with van der Waals surface area (Å²) in [5.41, 5.74) is 15.2. The zero-order valence-corrected chi connectivity index (χ0v) is 31.2. The molecular weight excluding hydrogens is 691 g/mol. The van der Waals surface area contributed by atoms with E-state index in [2.05, 4.69) is 238 Å². The van der Waals surface area contributed by atoms with E-state index in [4.69, 9.17) is 0 Å². The number of nitrogens with zero attached hydrogens (tertiary/aromatic N) is 3. The van der Waals surface area contributed by atoms with Crippen molar-refractivity contribution in [1.82, 2.24) is 9.13 Å². The molecule has 9 aromatic carbocycles. The van der Waals surface area contributed by atoms with Crippen molar-refractivity contribution in [2.24, 2.45) is 0 Å². The second kappa shape index (κ2) is 13.6. The SMILES string of the molecule is c1ccc(-c2cccc(-c3ccc4c5cc6c(cc5n(-c5ccccc5)c4c3)c3cc(N(c4ccccc4)c4ccccc4)ccc3n6-c3ccccc3)c2)cc1. The van der Waals surface area contributed by atoms with Crippen LogP contribution >= 0.6 is 0 Å². The van der Waals surface area contributed by atoms with Crippen molar-refractivity contribution in [1.29, 1.82) is 0 Å². The van der Waals surface area contributed by atoms with Gasteiger partial charge in [-0.2, -0.15) is 0 Å². The summed E-state index contributed by atoms with van der Waals surface area (Å²) >= 11 is 0. The van der Waals surface area contributed by atoms with E-state index in [0.717, 1.165) is 28.4 Å². The van der Waals surface area contributed by atoms with Gasteiger partial charge < -0.3 is 14.0 Å². The highest BCUT2D eigenvalue weighted by molar-refractivity contribution is 6.20. The highest BCUT2D eigenvalue weighted by Gasteiger charge is 2.21. The summed E-state index contributed by atoms with van der Waals surface area (Å²) in [5, 5.41) is 4.86. The Labute approximate surface area is 331 Å². The fourth-order valence-electron chi connectivity index (χ4n) is 8.66. The number of benzene rings is 9. The van der Waals surface area contributed by atoms with Crippen LogP contribution in [0.1, 0.15) is 0 Å². The summed E-state index contributed by atoms with van der Waals surface area (Å²) in [6.45, 7) is 0. The molecule has 0 saturated heterocycles. The van der Waals surface area contributed by atoms with Gasteiger partial charge >= 0.3 is 0 Å². The van der Waals surface area contributed by atoms with Gasteiger partial charge in [0.2, 0.25) is 0 Å². The Morgan fingerprint density at radius 2 is 0.684 bits per heavy atom. The molecular formula is C54H37N3. The second-order valence-corrected chi connectivity index (χ2v) is 14.6. The molecule has 0 aliphatic carbocycles. The van der Waals surface area contributed by atoms with Gasteiger partial charge in [-0.3, -0.25) is 0 Å². The van der Waals surface area contributed by atoms with E-state index in [1.807, 2.05) is 0 Å². The molecule has 2 heterocycles. The van der Waals surface area contributed by atoms with E-state index in [0.29, 0.717) is 0 Å². The predicted octanol–water partition coefficient (Wildman–Crippen LogP) is 14.7. The molecule has 0 fully saturated rings. The molecule has 0 aliphatic heterocycles. The Hall–Kier alpha value is -7.62. The molecule has 0 atom stereocenters. The molecule has 0 unspecified atom stereocenters. The van der Waals surface area contributed by atoms with Gasteiger partial charge in [0.25, 0.3) is 0 Å². The van der Waals surface area contributed by atoms with E-state index < -0.39 is 0 Å². The molecule has 0 N–H and O–H groups in total. The van der Waals surface area contributed by atoms with Crippen LogP contribution in [0, 0.1) is 0 Å². The second-order valence-electron chi connectivity index (χ2n) is 14.6. The van der Waals surface area contributed by atoms with E-state index in [9.17, 15) is 0 Å². The zero-order valence-electron chi connectivity index (χ0n) is 31.2. The minimum absolute atomic E-state index is 1.11. The van der Waals surface area contributed by atoms with Crippen LogP contribution in [0.15, 0.2) is 224 Å². The van der Waals surface area contributed by atoms with Gasteiger partial charge in [0, 0.05) is 50.0 Å². The Kier molecular flexibility index (Phi) is 7.82. The monoisotopic (exact) mass is 727 g/mol. The van der Waals surface area contributed by atoms with Crippen LogP contribution in [0.5, 0.6) is 0 Å². The van der Waals surface area contributed by atoms with E-state index in [1.165, 1.54) is 65.9 Å². The number of rotatable bonds is 7. The van der Waals surface area contributed by atoms with Crippen LogP contribution in [0.4, 0.5) is 17.1 Å². The van der Waals surface area contributed by atoms with Crippen molar-refractivity contribution in [3.05, 3.63) is 224 Å². The lowest BCUT2D eigenvalue weighted by atomic mass is 9.98.